The second-order valence-corrected chi connectivity index (χ2v) is 5.93. The van der Waals surface area contributed by atoms with Crippen molar-refractivity contribution < 1.29 is 9.47 Å². The molecule has 0 atom stereocenters. The van der Waals surface area contributed by atoms with Crippen LogP contribution >= 0.6 is 0 Å². The molecule has 2 aromatic rings. The molecule has 0 saturated carbocycles. The van der Waals surface area contributed by atoms with E-state index in [0.717, 1.165) is 36.8 Å². The van der Waals surface area contributed by atoms with E-state index < -0.39 is 0 Å². The van der Waals surface area contributed by atoms with Crippen molar-refractivity contribution in [3.63, 3.8) is 0 Å². The summed E-state index contributed by atoms with van der Waals surface area (Å²) in [5.41, 5.74) is 2.26. The first-order valence-corrected chi connectivity index (χ1v) is 8.86. The van der Waals surface area contributed by atoms with E-state index in [1.54, 1.807) is 20.4 Å². The van der Waals surface area contributed by atoms with Crippen LogP contribution < -0.4 is 15.4 Å². The SMILES string of the molecule is CN=C(NCCCn1cccn1)NCc1ccc(C)cc1OCCOC. The maximum absolute atomic E-state index is 5.83. The molecule has 7 heteroatoms. The van der Waals surface area contributed by atoms with Gasteiger partial charge in [-0.15, -0.1) is 0 Å². The van der Waals surface area contributed by atoms with Gasteiger partial charge < -0.3 is 20.1 Å². The lowest BCUT2D eigenvalue weighted by molar-refractivity contribution is 0.145. The van der Waals surface area contributed by atoms with Crippen molar-refractivity contribution >= 4 is 5.96 Å². The first-order valence-electron chi connectivity index (χ1n) is 8.86. The van der Waals surface area contributed by atoms with Crippen LogP contribution in [-0.2, 0) is 17.8 Å². The molecule has 0 spiro atoms. The maximum Gasteiger partial charge on any atom is 0.191 e. The predicted molar refractivity (Wildman–Crippen MR) is 104 cm³/mol. The second-order valence-electron chi connectivity index (χ2n) is 5.93. The van der Waals surface area contributed by atoms with Crippen LogP contribution in [0.1, 0.15) is 17.5 Å². The van der Waals surface area contributed by atoms with Crippen LogP contribution in [-0.4, -0.2) is 49.7 Å². The summed E-state index contributed by atoms with van der Waals surface area (Å²) >= 11 is 0. The van der Waals surface area contributed by atoms with Crippen LogP contribution in [0.3, 0.4) is 0 Å². The summed E-state index contributed by atoms with van der Waals surface area (Å²) in [6.07, 6.45) is 4.73. The lowest BCUT2D eigenvalue weighted by atomic mass is 10.1. The molecule has 0 unspecified atom stereocenters. The molecule has 7 nitrogen and oxygen atoms in total. The zero-order valence-electron chi connectivity index (χ0n) is 15.9. The monoisotopic (exact) mass is 359 g/mol. The molecular weight excluding hydrogens is 330 g/mol. The Morgan fingerprint density at radius 2 is 2.15 bits per heavy atom. The van der Waals surface area contributed by atoms with Crippen LogP contribution in [0, 0.1) is 6.92 Å². The van der Waals surface area contributed by atoms with Crippen molar-refractivity contribution in [2.45, 2.75) is 26.4 Å². The van der Waals surface area contributed by atoms with Gasteiger partial charge >= 0.3 is 0 Å². The van der Waals surface area contributed by atoms with E-state index >= 15 is 0 Å². The minimum absolute atomic E-state index is 0.535. The molecule has 0 aliphatic carbocycles. The fraction of sp³-hybridized carbons (Fsp3) is 0.474. The van der Waals surface area contributed by atoms with Gasteiger partial charge in [0.05, 0.1) is 6.61 Å². The number of ether oxygens (including phenoxy) is 2. The lowest BCUT2D eigenvalue weighted by Gasteiger charge is -2.15. The number of hydrogen-bond donors (Lipinski definition) is 2. The minimum Gasteiger partial charge on any atom is -0.491 e. The fourth-order valence-electron chi connectivity index (χ4n) is 2.46. The van der Waals surface area contributed by atoms with E-state index in [2.05, 4.69) is 39.8 Å². The molecule has 1 heterocycles. The second kappa shape index (κ2) is 11.1. The van der Waals surface area contributed by atoms with Gasteiger partial charge in [0.2, 0.25) is 0 Å². The van der Waals surface area contributed by atoms with Gasteiger partial charge in [-0.1, -0.05) is 12.1 Å². The highest BCUT2D eigenvalue weighted by Gasteiger charge is 2.06. The molecule has 0 radical (unpaired) electrons. The molecule has 2 rings (SSSR count). The van der Waals surface area contributed by atoms with Gasteiger partial charge in [0.15, 0.2) is 5.96 Å². The third-order valence-corrected chi connectivity index (χ3v) is 3.85. The summed E-state index contributed by atoms with van der Waals surface area (Å²) in [6, 6.07) is 8.14. The van der Waals surface area contributed by atoms with Gasteiger partial charge in [-0.2, -0.15) is 5.10 Å². The Hall–Kier alpha value is -2.54. The first-order chi connectivity index (χ1) is 12.7. The quantitative estimate of drug-likeness (QED) is 0.385. The molecule has 0 aliphatic rings. The Bertz CT molecular complexity index is 671. The average molecular weight is 359 g/mol. The smallest absolute Gasteiger partial charge is 0.191 e. The van der Waals surface area contributed by atoms with Gasteiger partial charge in [-0.3, -0.25) is 9.67 Å². The molecule has 26 heavy (non-hydrogen) atoms. The Morgan fingerprint density at radius 1 is 1.27 bits per heavy atom. The van der Waals surface area contributed by atoms with E-state index in [4.69, 9.17) is 9.47 Å². The fourth-order valence-corrected chi connectivity index (χ4v) is 2.46. The third-order valence-electron chi connectivity index (χ3n) is 3.85. The molecule has 2 N–H and O–H groups in total. The highest BCUT2D eigenvalue weighted by Crippen LogP contribution is 2.20. The minimum atomic E-state index is 0.535. The number of rotatable bonds is 10. The average Bonchev–Trinajstić information content (AvgIpc) is 3.16. The Morgan fingerprint density at radius 3 is 2.88 bits per heavy atom. The van der Waals surface area contributed by atoms with Crippen LogP contribution in [0.5, 0.6) is 5.75 Å². The van der Waals surface area contributed by atoms with E-state index in [-0.39, 0.29) is 0 Å². The highest BCUT2D eigenvalue weighted by molar-refractivity contribution is 5.79. The van der Waals surface area contributed by atoms with Crippen molar-refractivity contribution in [3.05, 3.63) is 47.8 Å². The van der Waals surface area contributed by atoms with Crippen LogP contribution in [0.15, 0.2) is 41.7 Å². The van der Waals surface area contributed by atoms with Crippen molar-refractivity contribution in [1.82, 2.24) is 20.4 Å². The number of aryl methyl sites for hydroxylation is 2. The van der Waals surface area contributed by atoms with E-state index in [1.165, 1.54) is 5.56 Å². The van der Waals surface area contributed by atoms with Crippen molar-refractivity contribution in [1.29, 1.82) is 0 Å². The maximum atomic E-state index is 5.83. The van der Waals surface area contributed by atoms with Gasteiger partial charge in [0.1, 0.15) is 12.4 Å². The number of nitrogens with zero attached hydrogens (tertiary/aromatic N) is 3. The molecule has 1 aromatic heterocycles. The number of methoxy groups -OCH3 is 1. The van der Waals surface area contributed by atoms with E-state index in [1.807, 2.05) is 23.0 Å². The number of aromatic nitrogens is 2. The molecule has 0 saturated heterocycles. The molecule has 0 amide bonds. The highest BCUT2D eigenvalue weighted by atomic mass is 16.5. The summed E-state index contributed by atoms with van der Waals surface area (Å²) < 4.78 is 12.8. The van der Waals surface area contributed by atoms with Crippen LogP contribution in [0.2, 0.25) is 0 Å². The summed E-state index contributed by atoms with van der Waals surface area (Å²) in [4.78, 5) is 4.27. The zero-order chi connectivity index (χ0) is 18.6. The number of hydrogen-bond acceptors (Lipinski definition) is 4. The van der Waals surface area contributed by atoms with Gasteiger partial charge in [0, 0.05) is 51.7 Å². The molecule has 0 fully saturated rings. The van der Waals surface area contributed by atoms with Gasteiger partial charge in [-0.25, -0.2) is 0 Å². The summed E-state index contributed by atoms with van der Waals surface area (Å²) in [6.45, 7) is 5.51. The first kappa shape index (κ1) is 19.8. The number of aliphatic imine (C=N–C) groups is 1. The molecule has 1 aromatic carbocycles. The summed E-state index contributed by atoms with van der Waals surface area (Å²) in [7, 11) is 3.44. The topological polar surface area (TPSA) is 72.7 Å². The standard InChI is InChI=1S/C19H29N5O2/c1-16-6-7-17(18(14-16)26-13-12-25-3)15-22-19(20-2)21-8-4-10-24-11-5-9-23-24/h5-7,9,11,14H,4,8,10,12-13,15H2,1-3H3,(H2,20,21,22). The normalized spacial score (nSPS) is 11.4. The van der Waals surface area contributed by atoms with Crippen molar-refractivity contribution in [3.8, 4) is 5.75 Å². The zero-order valence-corrected chi connectivity index (χ0v) is 15.9. The van der Waals surface area contributed by atoms with E-state index in [9.17, 15) is 0 Å². The number of nitrogens with one attached hydrogen (secondary N) is 2. The van der Waals surface area contributed by atoms with Gasteiger partial charge in [-0.05, 0) is 31.0 Å². The number of guanidine groups is 1. The Kier molecular flexibility index (Phi) is 8.48. The molecular formula is C19H29N5O2. The summed E-state index contributed by atoms with van der Waals surface area (Å²) in [5.74, 6) is 1.65. The summed E-state index contributed by atoms with van der Waals surface area (Å²) in [5, 5.41) is 10.9. The van der Waals surface area contributed by atoms with Crippen LogP contribution in [0.25, 0.3) is 0 Å². The van der Waals surface area contributed by atoms with Gasteiger partial charge in [0.25, 0.3) is 0 Å². The molecule has 142 valence electrons. The van der Waals surface area contributed by atoms with Crippen molar-refractivity contribution in [2.75, 3.05) is 33.9 Å². The van der Waals surface area contributed by atoms with E-state index in [0.29, 0.717) is 19.8 Å². The Labute approximate surface area is 155 Å². The molecule has 0 aliphatic heterocycles. The van der Waals surface area contributed by atoms with Crippen LogP contribution in [0.4, 0.5) is 0 Å². The Balaban J connectivity index is 1.79. The van der Waals surface area contributed by atoms with Crippen molar-refractivity contribution in [2.24, 2.45) is 4.99 Å². The number of benzene rings is 1. The molecule has 0 bridgehead atoms. The largest absolute Gasteiger partial charge is 0.491 e. The predicted octanol–water partition coefficient (Wildman–Crippen LogP) is 1.97. The third kappa shape index (κ3) is 6.76. The lowest BCUT2D eigenvalue weighted by Crippen LogP contribution is -2.37.